The van der Waals surface area contributed by atoms with Gasteiger partial charge in [0.25, 0.3) is 0 Å². The van der Waals surface area contributed by atoms with E-state index >= 15 is 0 Å². The van der Waals surface area contributed by atoms with E-state index in [4.69, 9.17) is 5.73 Å². The van der Waals surface area contributed by atoms with Crippen molar-refractivity contribution < 1.29 is 0 Å². The summed E-state index contributed by atoms with van der Waals surface area (Å²) in [5.41, 5.74) is 6.43. The van der Waals surface area contributed by atoms with Crippen LogP contribution in [0.5, 0.6) is 0 Å². The van der Waals surface area contributed by atoms with E-state index in [-0.39, 0.29) is 5.54 Å². The molecule has 0 aromatic carbocycles. The molecule has 0 aromatic rings. The number of nitrogens with two attached hydrogens (primary N) is 1. The fourth-order valence-electron chi connectivity index (χ4n) is 3.43. The summed E-state index contributed by atoms with van der Waals surface area (Å²) in [5, 5.41) is 0. The zero-order valence-electron chi connectivity index (χ0n) is 12.0. The highest BCUT2D eigenvalue weighted by atomic mass is 32.2. The molecule has 17 heavy (non-hydrogen) atoms. The van der Waals surface area contributed by atoms with Gasteiger partial charge in [0, 0.05) is 23.9 Å². The van der Waals surface area contributed by atoms with Gasteiger partial charge in [-0.15, -0.1) is 0 Å². The van der Waals surface area contributed by atoms with Crippen LogP contribution in [0.4, 0.5) is 0 Å². The summed E-state index contributed by atoms with van der Waals surface area (Å²) >= 11 is 1.95. The van der Waals surface area contributed by atoms with E-state index < -0.39 is 0 Å². The van der Waals surface area contributed by atoms with Gasteiger partial charge in [0.15, 0.2) is 0 Å². The Morgan fingerprint density at radius 1 is 1.47 bits per heavy atom. The normalized spacial score (nSPS) is 31.8. The van der Waals surface area contributed by atoms with Crippen molar-refractivity contribution in [1.82, 2.24) is 4.90 Å². The molecule has 0 aromatic heterocycles. The van der Waals surface area contributed by atoms with Gasteiger partial charge in [0.1, 0.15) is 0 Å². The van der Waals surface area contributed by atoms with Crippen LogP contribution in [0.25, 0.3) is 0 Å². The molecule has 1 saturated carbocycles. The minimum atomic E-state index is 0.259. The summed E-state index contributed by atoms with van der Waals surface area (Å²) in [7, 11) is 2.30. The maximum absolute atomic E-state index is 6.17. The van der Waals surface area contributed by atoms with Crippen LogP contribution in [0.3, 0.4) is 0 Å². The van der Waals surface area contributed by atoms with Crippen LogP contribution in [0.1, 0.15) is 46.0 Å². The Balaban J connectivity index is 2.82. The number of nitrogens with zero attached hydrogens (tertiary/aromatic N) is 1. The zero-order chi connectivity index (χ0) is 12.9. The number of thioether (sulfide) groups is 1. The molecule has 1 aliphatic carbocycles. The van der Waals surface area contributed by atoms with Gasteiger partial charge in [0.2, 0.25) is 0 Å². The van der Waals surface area contributed by atoms with Crippen molar-refractivity contribution in [3.63, 3.8) is 0 Å². The molecule has 3 heteroatoms. The lowest BCUT2D eigenvalue weighted by atomic mass is 9.72. The molecule has 0 heterocycles. The van der Waals surface area contributed by atoms with Crippen molar-refractivity contribution in [1.29, 1.82) is 0 Å². The smallest absolute Gasteiger partial charge is 0.0357 e. The summed E-state index contributed by atoms with van der Waals surface area (Å²) in [4.78, 5) is 2.62. The van der Waals surface area contributed by atoms with E-state index in [1.54, 1.807) is 0 Å². The molecule has 0 spiro atoms. The summed E-state index contributed by atoms with van der Waals surface area (Å²) in [6, 6.07) is 0.675. The fourth-order valence-corrected chi connectivity index (χ4v) is 4.27. The maximum Gasteiger partial charge on any atom is 0.0357 e. The average Bonchev–Trinajstić information content (AvgIpc) is 2.36. The van der Waals surface area contributed by atoms with Crippen LogP contribution in [-0.2, 0) is 0 Å². The number of hydrogen-bond donors (Lipinski definition) is 1. The lowest BCUT2D eigenvalue weighted by Gasteiger charge is -2.51. The van der Waals surface area contributed by atoms with Crippen molar-refractivity contribution in [3.05, 3.63) is 0 Å². The van der Waals surface area contributed by atoms with Crippen molar-refractivity contribution in [3.8, 4) is 0 Å². The first-order valence-electron chi connectivity index (χ1n) is 7.04. The second-order valence-electron chi connectivity index (χ2n) is 5.58. The Kier molecular flexibility index (Phi) is 6.32. The topological polar surface area (TPSA) is 29.3 Å². The molecule has 2 nitrogen and oxygen atoms in total. The molecule has 1 aliphatic rings. The molecule has 0 saturated heterocycles. The SMILES string of the molecule is CCC(CSC)N(C)C1(CN)CCCCC1C. The van der Waals surface area contributed by atoms with Crippen molar-refractivity contribution in [2.75, 3.05) is 25.6 Å². The fraction of sp³-hybridized carbons (Fsp3) is 1.00. The van der Waals surface area contributed by atoms with Gasteiger partial charge in [0.05, 0.1) is 0 Å². The summed E-state index contributed by atoms with van der Waals surface area (Å²) < 4.78 is 0. The molecular formula is C14H30N2S. The van der Waals surface area contributed by atoms with E-state index in [0.29, 0.717) is 6.04 Å². The highest BCUT2D eigenvalue weighted by Crippen LogP contribution is 2.38. The molecule has 0 bridgehead atoms. The Morgan fingerprint density at radius 2 is 2.18 bits per heavy atom. The highest BCUT2D eigenvalue weighted by Gasteiger charge is 2.42. The first-order chi connectivity index (χ1) is 8.12. The Hall–Kier alpha value is 0.270. The van der Waals surface area contributed by atoms with E-state index in [2.05, 4.69) is 32.1 Å². The van der Waals surface area contributed by atoms with E-state index in [1.807, 2.05) is 11.8 Å². The molecule has 1 fully saturated rings. The van der Waals surface area contributed by atoms with Crippen molar-refractivity contribution in [2.24, 2.45) is 11.7 Å². The Morgan fingerprint density at radius 3 is 2.65 bits per heavy atom. The molecule has 1 rings (SSSR count). The second-order valence-corrected chi connectivity index (χ2v) is 6.49. The van der Waals surface area contributed by atoms with Crippen LogP contribution in [0.2, 0.25) is 0 Å². The quantitative estimate of drug-likeness (QED) is 0.794. The van der Waals surface area contributed by atoms with Gasteiger partial charge in [-0.3, -0.25) is 4.90 Å². The Labute approximate surface area is 112 Å². The van der Waals surface area contributed by atoms with Gasteiger partial charge >= 0.3 is 0 Å². The van der Waals surface area contributed by atoms with E-state index in [9.17, 15) is 0 Å². The molecule has 2 N–H and O–H groups in total. The molecule has 102 valence electrons. The zero-order valence-corrected chi connectivity index (χ0v) is 12.9. The largest absolute Gasteiger partial charge is 0.329 e. The number of likely N-dealkylation sites (N-methyl/N-ethyl adjacent to an activating group) is 1. The third kappa shape index (κ3) is 3.18. The van der Waals surface area contributed by atoms with Gasteiger partial charge in [-0.25, -0.2) is 0 Å². The number of rotatable bonds is 6. The van der Waals surface area contributed by atoms with Gasteiger partial charge in [-0.1, -0.05) is 26.7 Å². The van der Waals surface area contributed by atoms with Gasteiger partial charge in [-0.05, 0) is 38.5 Å². The maximum atomic E-state index is 6.17. The predicted octanol–water partition coefficient (Wildman–Crippen LogP) is 2.97. The lowest BCUT2D eigenvalue weighted by Crippen LogP contribution is -2.61. The third-order valence-electron chi connectivity index (χ3n) is 4.85. The van der Waals surface area contributed by atoms with Crippen LogP contribution in [0.15, 0.2) is 0 Å². The molecule has 0 radical (unpaired) electrons. The number of hydrogen-bond acceptors (Lipinski definition) is 3. The standard InChI is InChI=1S/C14H30N2S/c1-5-13(10-17-4)16(3)14(11-15)9-7-6-8-12(14)2/h12-13H,5-11,15H2,1-4H3. The molecule has 0 aliphatic heterocycles. The first kappa shape index (κ1) is 15.3. The monoisotopic (exact) mass is 258 g/mol. The Bertz CT molecular complexity index is 222. The van der Waals surface area contributed by atoms with Gasteiger partial charge in [-0.2, -0.15) is 11.8 Å². The molecule has 0 amide bonds. The molecule has 3 atom stereocenters. The van der Waals surface area contributed by atoms with E-state index in [0.717, 1.165) is 12.5 Å². The predicted molar refractivity (Wildman–Crippen MR) is 79.6 cm³/mol. The van der Waals surface area contributed by atoms with Crippen LogP contribution in [-0.4, -0.2) is 42.1 Å². The summed E-state index contributed by atoms with van der Waals surface area (Å²) in [6.07, 6.45) is 8.79. The average molecular weight is 258 g/mol. The van der Waals surface area contributed by atoms with Crippen LogP contribution >= 0.6 is 11.8 Å². The van der Waals surface area contributed by atoms with Crippen molar-refractivity contribution in [2.45, 2.75) is 57.5 Å². The lowest BCUT2D eigenvalue weighted by molar-refractivity contribution is 0.00766. The first-order valence-corrected chi connectivity index (χ1v) is 8.43. The minimum Gasteiger partial charge on any atom is -0.329 e. The summed E-state index contributed by atoms with van der Waals surface area (Å²) in [5.74, 6) is 1.96. The molecule has 3 unspecified atom stereocenters. The van der Waals surface area contributed by atoms with Gasteiger partial charge < -0.3 is 5.73 Å². The third-order valence-corrected chi connectivity index (χ3v) is 5.57. The highest BCUT2D eigenvalue weighted by molar-refractivity contribution is 7.98. The molecular weight excluding hydrogens is 228 g/mol. The van der Waals surface area contributed by atoms with Crippen LogP contribution in [0, 0.1) is 5.92 Å². The van der Waals surface area contributed by atoms with Crippen LogP contribution < -0.4 is 5.73 Å². The minimum absolute atomic E-state index is 0.259. The second kappa shape index (κ2) is 7.01. The van der Waals surface area contributed by atoms with Crippen molar-refractivity contribution >= 4 is 11.8 Å². The van der Waals surface area contributed by atoms with E-state index in [1.165, 1.54) is 37.9 Å². The summed E-state index contributed by atoms with van der Waals surface area (Å²) in [6.45, 7) is 5.51.